The van der Waals surface area contributed by atoms with E-state index in [-0.39, 0.29) is 12.0 Å². The Kier molecular flexibility index (Phi) is 5.15. The predicted molar refractivity (Wildman–Crippen MR) is 101 cm³/mol. The number of benzene rings is 1. The molecule has 0 saturated heterocycles. The predicted octanol–water partition coefficient (Wildman–Crippen LogP) is 2.68. The number of hydrogen-bond acceptors (Lipinski definition) is 5. The minimum Gasteiger partial charge on any atom is -0.494 e. The lowest BCUT2D eigenvalue weighted by Gasteiger charge is -2.21. The molecule has 2 N–H and O–H groups in total. The fourth-order valence-electron chi connectivity index (χ4n) is 3.61. The van der Waals surface area contributed by atoms with E-state index in [1.165, 1.54) is 6.26 Å². The Balaban J connectivity index is 1.81. The molecular formula is C18H25N3O3S. The van der Waals surface area contributed by atoms with Gasteiger partial charge in [-0.25, -0.2) is 18.1 Å². The second-order valence-electron chi connectivity index (χ2n) is 6.74. The summed E-state index contributed by atoms with van der Waals surface area (Å²) in [6.45, 7) is 2.68. The Morgan fingerprint density at radius 2 is 2.12 bits per heavy atom. The highest BCUT2D eigenvalue weighted by atomic mass is 32.2. The molecule has 0 spiro atoms. The summed E-state index contributed by atoms with van der Waals surface area (Å²) in [6, 6.07) is 7.91. The molecule has 1 fully saturated rings. The van der Waals surface area contributed by atoms with Crippen LogP contribution in [-0.4, -0.2) is 39.4 Å². The Morgan fingerprint density at radius 1 is 1.32 bits per heavy atom. The number of aromatic nitrogens is 1. The average Bonchev–Trinajstić information content (AvgIpc) is 2.97. The van der Waals surface area contributed by atoms with Crippen LogP contribution in [0.4, 0.5) is 5.69 Å². The number of nitrogens with zero attached hydrogens (tertiary/aromatic N) is 1. The maximum Gasteiger partial charge on any atom is 0.208 e. The van der Waals surface area contributed by atoms with Crippen molar-refractivity contribution in [1.82, 2.24) is 9.71 Å². The minimum atomic E-state index is -3.18. The fraction of sp³-hybridized carbons (Fsp3) is 0.500. The Labute approximate surface area is 149 Å². The van der Waals surface area contributed by atoms with E-state index in [2.05, 4.69) is 15.0 Å². The van der Waals surface area contributed by atoms with Crippen LogP contribution in [0.1, 0.15) is 25.0 Å². The van der Waals surface area contributed by atoms with Crippen molar-refractivity contribution >= 4 is 26.6 Å². The first-order valence-electron chi connectivity index (χ1n) is 8.53. The van der Waals surface area contributed by atoms with Crippen molar-refractivity contribution < 1.29 is 13.2 Å². The zero-order valence-corrected chi connectivity index (χ0v) is 15.7. The number of methoxy groups -OCH3 is 1. The molecule has 3 rings (SSSR count). The van der Waals surface area contributed by atoms with Crippen LogP contribution in [0, 0.1) is 12.8 Å². The first-order chi connectivity index (χ1) is 11.9. The third-order valence-corrected chi connectivity index (χ3v) is 5.46. The van der Waals surface area contributed by atoms with Crippen LogP contribution in [0.5, 0.6) is 5.75 Å². The lowest BCUT2D eigenvalue weighted by molar-refractivity contribution is 0.419. The molecule has 2 atom stereocenters. The second-order valence-corrected chi connectivity index (χ2v) is 8.52. The van der Waals surface area contributed by atoms with E-state index in [0.717, 1.165) is 53.8 Å². The Hall–Kier alpha value is -1.86. The van der Waals surface area contributed by atoms with E-state index in [1.54, 1.807) is 7.11 Å². The zero-order chi connectivity index (χ0) is 18.0. The van der Waals surface area contributed by atoms with Gasteiger partial charge < -0.3 is 10.1 Å². The van der Waals surface area contributed by atoms with E-state index in [0.29, 0.717) is 0 Å². The molecule has 7 heteroatoms. The summed E-state index contributed by atoms with van der Waals surface area (Å²) in [4.78, 5) is 4.59. The first kappa shape index (κ1) is 17.9. The van der Waals surface area contributed by atoms with Gasteiger partial charge in [-0.15, -0.1) is 0 Å². The normalized spacial score (nSPS) is 20.8. The number of nitrogens with one attached hydrogen (secondary N) is 2. The van der Waals surface area contributed by atoms with Gasteiger partial charge in [-0.2, -0.15) is 0 Å². The highest BCUT2D eigenvalue weighted by Crippen LogP contribution is 2.31. The van der Waals surface area contributed by atoms with Gasteiger partial charge in [0.2, 0.25) is 10.0 Å². The summed E-state index contributed by atoms with van der Waals surface area (Å²) < 4.78 is 31.3. The summed E-state index contributed by atoms with van der Waals surface area (Å²) in [5.41, 5.74) is 2.76. The van der Waals surface area contributed by atoms with Crippen LogP contribution in [0.3, 0.4) is 0 Å². The van der Waals surface area contributed by atoms with Gasteiger partial charge in [-0.05, 0) is 37.8 Å². The van der Waals surface area contributed by atoms with Crippen molar-refractivity contribution in [3.63, 3.8) is 0 Å². The lowest BCUT2D eigenvalue weighted by Crippen LogP contribution is -2.38. The van der Waals surface area contributed by atoms with E-state index in [4.69, 9.17) is 4.74 Å². The van der Waals surface area contributed by atoms with Gasteiger partial charge in [0.05, 0.1) is 13.4 Å². The van der Waals surface area contributed by atoms with Crippen molar-refractivity contribution in [2.45, 2.75) is 32.2 Å². The van der Waals surface area contributed by atoms with Crippen LogP contribution in [0.25, 0.3) is 10.9 Å². The third-order valence-electron chi connectivity index (χ3n) is 4.73. The number of anilines is 1. The molecule has 0 amide bonds. The van der Waals surface area contributed by atoms with Gasteiger partial charge in [0.1, 0.15) is 11.3 Å². The molecule has 1 aromatic heterocycles. The summed E-state index contributed by atoms with van der Waals surface area (Å²) in [5.74, 6) is 1.03. The lowest BCUT2D eigenvalue weighted by atomic mass is 10.0. The van der Waals surface area contributed by atoms with Crippen molar-refractivity contribution in [3.8, 4) is 5.75 Å². The minimum absolute atomic E-state index is 0.00577. The molecule has 1 aromatic carbocycles. The molecule has 0 aliphatic heterocycles. The average molecular weight is 363 g/mol. The standard InChI is InChI=1S/C18H25N3O3S/c1-12-10-16(14-7-5-9-17(24-2)18(14)20-12)19-11-13-6-4-8-15(13)21-25(3,22)23/h5,7,9-10,13,15,21H,4,6,8,11H2,1-3H3,(H,19,20). The number of hydrogen-bond donors (Lipinski definition) is 2. The molecule has 2 aromatic rings. The number of sulfonamides is 1. The number of pyridine rings is 1. The van der Waals surface area contributed by atoms with Gasteiger partial charge in [0.15, 0.2) is 0 Å². The molecule has 2 unspecified atom stereocenters. The van der Waals surface area contributed by atoms with Crippen LogP contribution >= 0.6 is 0 Å². The van der Waals surface area contributed by atoms with E-state index in [1.807, 2.05) is 31.2 Å². The second kappa shape index (κ2) is 7.17. The maximum absolute atomic E-state index is 11.5. The van der Waals surface area contributed by atoms with Gasteiger partial charge in [-0.1, -0.05) is 18.6 Å². The van der Waals surface area contributed by atoms with E-state index in [9.17, 15) is 8.42 Å². The number of para-hydroxylation sites is 1. The van der Waals surface area contributed by atoms with E-state index >= 15 is 0 Å². The van der Waals surface area contributed by atoms with Gasteiger partial charge in [-0.3, -0.25) is 0 Å². The van der Waals surface area contributed by atoms with Gasteiger partial charge in [0.25, 0.3) is 0 Å². The highest BCUT2D eigenvalue weighted by Gasteiger charge is 2.29. The van der Waals surface area contributed by atoms with E-state index < -0.39 is 10.0 Å². The summed E-state index contributed by atoms with van der Waals surface area (Å²) in [5, 5.41) is 4.52. The summed E-state index contributed by atoms with van der Waals surface area (Å²) >= 11 is 0. The quantitative estimate of drug-likeness (QED) is 0.825. The van der Waals surface area contributed by atoms with Crippen LogP contribution < -0.4 is 14.8 Å². The molecule has 1 aliphatic carbocycles. The number of ether oxygens (including phenoxy) is 1. The number of aryl methyl sites for hydroxylation is 1. The fourth-order valence-corrected chi connectivity index (χ4v) is 4.47. The smallest absolute Gasteiger partial charge is 0.208 e. The van der Waals surface area contributed by atoms with Crippen molar-refractivity contribution in [2.24, 2.45) is 5.92 Å². The highest BCUT2D eigenvalue weighted by molar-refractivity contribution is 7.88. The SMILES string of the molecule is COc1cccc2c(NCC3CCCC3NS(C)(=O)=O)cc(C)nc12. The van der Waals surface area contributed by atoms with Crippen LogP contribution in [0.2, 0.25) is 0 Å². The monoisotopic (exact) mass is 363 g/mol. The largest absolute Gasteiger partial charge is 0.494 e. The van der Waals surface area contributed by atoms with Crippen molar-refractivity contribution in [3.05, 3.63) is 30.0 Å². The summed E-state index contributed by atoms with van der Waals surface area (Å²) in [6.07, 6.45) is 4.18. The van der Waals surface area contributed by atoms with Gasteiger partial charge >= 0.3 is 0 Å². The van der Waals surface area contributed by atoms with Crippen molar-refractivity contribution in [1.29, 1.82) is 0 Å². The molecule has 1 heterocycles. The molecule has 1 saturated carbocycles. The summed E-state index contributed by atoms with van der Waals surface area (Å²) in [7, 11) is -1.53. The molecular weight excluding hydrogens is 338 g/mol. The Morgan fingerprint density at radius 3 is 2.84 bits per heavy atom. The van der Waals surface area contributed by atoms with Crippen LogP contribution in [-0.2, 0) is 10.0 Å². The molecule has 25 heavy (non-hydrogen) atoms. The molecule has 136 valence electrons. The molecule has 1 aliphatic rings. The maximum atomic E-state index is 11.5. The molecule has 0 bridgehead atoms. The van der Waals surface area contributed by atoms with Crippen molar-refractivity contribution in [2.75, 3.05) is 25.2 Å². The van der Waals surface area contributed by atoms with Crippen LogP contribution in [0.15, 0.2) is 24.3 Å². The third kappa shape index (κ3) is 4.22. The topological polar surface area (TPSA) is 80.3 Å². The Bertz CT molecular complexity index is 867. The first-order valence-corrected chi connectivity index (χ1v) is 10.4. The number of fused-ring (bicyclic) bond motifs is 1. The number of rotatable bonds is 6. The van der Waals surface area contributed by atoms with Gasteiger partial charge in [0, 0.05) is 29.4 Å². The zero-order valence-electron chi connectivity index (χ0n) is 14.9. The molecule has 0 radical (unpaired) electrons. The molecule has 6 nitrogen and oxygen atoms in total.